The van der Waals surface area contributed by atoms with Crippen molar-refractivity contribution in [3.8, 4) is 5.75 Å². The fourth-order valence-corrected chi connectivity index (χ4v) is 2.47. The molecule has 2 aromatic rings. The van der Waals surface area contributed by atoms with Crippen LogP contribution in [0, 0.1) is 27.6 Å². The van der Waals surface area contributed by atoms with Gasteiger partial charge in [0, 0.05) is 6.07 Å². The van der Waals surface area contributed by atoms with Gasteiger partial charge in [0.1, 0.15) is 12.6 Å². The molecule has 1 atom stereocenters. The Labute approximate surface area is 148 Å². The van der Waals surface area contributed by atoms with Gasteiger partial charge in [0.2, 0.25) is 5.75 Å². The van der Waals surface area contributed by atoms with E-state index in [1.54, 1.807) is 0 Å². The number of benzene rings is 2. The molecule has 0 aliphatic carbocycles. The normalized spacial score (nSPS) is 16.2. The van der Waals surface area contributed by atoms with Gasteiger partial charge in [0.25, 0.3) is 0 Å². The summed E-state index contributed by atoms with van der Waals surface area (Å²) >= 11 is 0. The number of rotatable bonds is 3. The van der Waals surface area contributed by atoms with Crippen LogP contribution in [0.15, 0.2) is 36.4 Å². The lowest BCUT2D eigenvalue weighted by Gasteiger charge is -2.19. The van der Waals surface area contributed by atoms with Crippen molar-refractivity contribution in [2.24, 2.45) is 0 Å². The molecule has 0 radical (unpaired) electrons. The highest BCUT2D eigenvalue weighted by atomic mass is 19.2. The lowest BCUT2D eigenvalue weighted by Crippen LogP contribution is -2.36. The molecule has 0 aromatic heterocycles. The van der Waals surface area contributed by atoms with Gasteiger partial charge in [0.15, 0.2) is 17.5 Å². The molecular formula is C16H9F3N2O6. The fourth-order valence-electron chi connectivity index (χ4n) is 2.47. The number of carbonyl (C=O) groups is 2. The van der Waals surface area contributed by atoms with Gasteiger partial charge in [0.05, 0.1) is 4.92 Å². The van der Waals surface area contributed by atoms with Crippen LogP contribution >= 0.6 is 0 Å². The number of cyclic esters (lactones) is 1. The Kier molecular flexibility index (Phi) is 4.67. The lowest BCUT2D eigenvalue weighted by atomic mass is 10.1. The van der Waals surface area contributed by atoms with E-state index in [1.807, 2.05) is 0 Å². The first-order valence-electron chi connectivity index (χ1n) is 7.35. The van der Waals surface area contributed by atoms with E-state index in [0.717, 1.165) is 12.1 Å². The molecule has 1 aliphatic rings. The van der Waals surface area contributed by atoms with Crippen molar-refractivity contribution in [3.63, 3.8) is 0 Å². The highest BCUT2D eigenvalue weighted by molar-refractivity contribution is 5.91. The Hall–Kier alpha value is -3.63. The van der Waals surface area contributed by atoms with Gasteiger partial charge < -0.3 is 9.47 Å². The molecule has 1 fully saturated rings. The van der Waals surface area contributed by atoms with Crippen LogP contribution in [0.1, 0.15) is 11.6 Å². The molecule has 3 rings (SSSR count). The summed E-state index contributed by atoms with van der Waals surface area (Å²) in [4.78, 5) is 34.8. The molecule has 1 heterocycles. The number of carbonyl (C=O) groups excluding carboxylic acids is 2. The van der Waals surface area contributed by atoms with E-state index in [0.29, 0.717) is 17.0 Å². The van der Waals surface area contributed by atoms with Crippen molar-refractivity contribution in [2.75, 3.05) is 6.61 Å². The Morgan fingerprint density at radius 3 is 2.48 bits per heavy atom. The van der Waals surface area contributed by atoms with Crippen molar-refractivity contribution < 1.29 is 37.2 Å². The predicted molar refractivity (Wildman–Crippen MR) is 81.4 cm³/mol. The van der Waals surface area contributed by atoms with Crippen molar-refractivity contribution in [1.82, 2.24) is 4.90 Å². The number of nitro groups is 1. The molecule has 0 bridgehead atoms. The molecule has 27 heavy (non-hydrogen) atoms. The highest BCUT2D eigenvalue weighted by Crippen LogP contribution is 2.32. The number of halogens is 3. The van der Waals surface area contributed by atoms with Crippen LogP contribution in [0.4, 0.5) is 28.4 Å². The quantitative estimate of drug-likeness (QED) is 0.456. The number of ether oxygens (including phenoxy) is 2. The minimum Gasteiger partial charge on any atom is -0.446 e. The zero-order valence-electron chi connectivity index (χ0n) is 13.2. The summed E-state index contributed by atoms with van der Waals surface area (Å²) in [6.07, 6.45) is -2.55. The number of hydrogen-bond acceptors (Lipinski definition) is 6. The third-order valence-electron chi connectivity index (χ3n) is 3.72. The number of para-hydroxylation sites is 2. The first-order valence-corrected chi connectivity index (χ1v) is 7.35. The van der Waals surface area contributed by atoms with Gasteiger partial charge in [-0.2, -0.15) is 0 Å². The third-order valence-corrected chi connectivity index (χ3v) is 3.72. The fraction of sp³-hybridized carbons (Fsp3) is 0.125. The summed E-state index contributed by atoms with van der Waals surface area (Å²) in [7, 11) is 0. The molecule has 0 N–H and O–H groups in total. The number of imide groups is 1. The minimum absolute atomic E-state index is 0.253. The maximum Gasteiger partial charge on any atom is 0.425 e. The van der Waals surface area contributed by atoms with Crippen LogP contribution in [0.5, 0.6) is 5.75 Å². The molecule has 0 unspecified atom stereocenters. The second-order valence-electron chi connectivity index (χ2n) is 5.35. The Morgan fingerprint density at radius 2 is 1.85 bits per heavy atom. The number of hydrogen-bond donors (Lipinski definition) is 0. The predicted octanol–water partition coefficient (Wildman–Crippen LogP) is 3.70. The molecule has 2 aromatic carbocycles. The van der Waals surface area contributed by atoms with Crippen LogP contribution in [0.3, 0.4) is 0 Å². The molecule has 8 nitrogen and oxygen atoms in total. The van der Waals surface area contributed by atoms with E-state index in [4.69, 9.17) is 9.47 Å². The summed E-state index contributed by atoms with van der Waals surface area (Å²) in [5.74, 6) is -5.19. The molecular weight excluding hydrogens is 373 g/mol. The first-order chi connectivity index (χ1) is 12.8. The van der Waals surface area contributed by atoms with Crippen LogP contribution in [0.2, 0.25) is 0 Å². The summed E-state index contributed by atoms with van der Waals surface area (Å²) in [5, 5.41) is 11.0. The van der Waals surface area contributed by atoms with Crippen LogP contribution in [0.25, 0.3) is 0 Å². The van der Waals surface area contributed by atoms with Gasteiger partial charge in [-0.05, 0) is 23.8 Å². The van der Waals surface area contributed by atoms with Crippen LogP contribution in [-0.4, -0.2) is 28.6 Å². The molecule has 0 spiro atoms. The third kappa shape index (κ3) is 3.38. The zero-order valence-corrected chi connectivity index (χ0v) is 13.2. The van der Waals surface area contributed by atoms with Gasteiger partial charge in [-0.25, -0.2) is 27.7 Å². The summed E-state index contributed by atoms with van der Waals surface area (Å²) in [5.41, 5.74) is -0.786. The van der Waals surface area contributed by atoms with Crippen molar-refractivity contribution in [2.45, 2.75) is 6.04 Å². The van der Waals surface area contributed by atoms with Crippen molar-refractivity contribution in [1.29, 1.82) is 0 Å². The van der Waals surface area contributed by atoms with E-state index in [2.05, 4.69) is 0 Å². The van der Waals surface area contributed by atoms with E-state index in [1.165, 1.54) is 12.1 Å². The molecule has 1 saturated heterocycles. The van der Waals surface area contributed by atoms with E-state index in [9.17, 15) is 32.9 Å². The monoisotopic (exact) mass is 382 g/mol. The largest absolute Gasteiger partial charge is 0.446 e. The smallest absolute Gasteiger partial charge is 0.425 e. The maximum absolute atomic E-state index is 13.5. The Balaban J connectivity index is 1.91. The molecule has 140 valence electrons. The second-order valence-corrected chi connectivity index (χ2v) is 5.35. The van der Waals surface area contributed by atoms with Crippen molar-refractivity contribution >= 4 is 17.9 Å². The standard InChI is InChI=1S/C16H9F3N2O6/c17-9-5-8(6-10(18)14(9)19)12-7-26-15(22)20(12)16(23)27-13-4-2-1-3-11(13)21(24)25/h1-6,12H,7H2/t12-/m1/s1. The van der Waals surface area contributed by atoms with Gasteiger partial charge in [-0.3, -0.25) is 10.1 Å². The van der Waals surface area contributed by atoms with Gasteiger partial charge in [-0.1, -0.05) is 12.1 Å². The molecule has 1 aliphatic heterocycles. The highest BCUT2D eigenvalue weighted by Gasteiger charge is 2.41. The summed E-state index contributed by atoms with van der Waals surface area (Å²) in [6.45, 7) is -0.463. The van der Waals surface area contributed by atoms with E-state index >= 15 is 0 Å². The topological polar surface area (TPSA) is 99.0 Å². The maximum atomic E-state index is 13.5. The number of nitrogens with zero attached hydrogens (tertiary/aromatic N) is 2. The van der Waals surface area contributed by atoms with Gasteiger partial charge >= 0.3 is 17.9 Å². The second kappa shape index (κ2) is 6.94. The van der Waals surface area contributed by atoms with Crippen LogP contribution in [-0.2, 0) is 4.74 Å². The molecule has 0 saturated carbocycles. The zero-order chi connectivity index (χ0) is 19.7. The number of amides is 2. The number of nitro benzene ring substituents is 1. The molecule has 11 heteroatoms. The van der Waals surface area contributed by atoms with E-state index < -0.39 is 58.6 Å². The summed E-state index contributed by atoms with van der Waals surface area (Å²) in [6, 6.07) is 4.81. The van der Waals surface area contributed by atoms with Crippen molar-refractivity contribution in [3.05, 3.63) is 69.5 Å². The average Bonchev–Trinajstić information content (AvgIpc) is 3.01. The molecule has 2 amide bonds. The lowest BCUT2D eigenvalue weighted by molar-refractivity contribution is -0.385. The van der Waals surface area contributed by atoms with Gasteiger partial charge in [-0.15, -0.1) is 0 Å². The van der Waals surface area contributed by atoms with E-state index in [-0.39, 0.29) is 5.56 Å². The Morgan fingerprint density at radius 1 is 1.22 bits per heavy atom. The average molecular weight is 382 g/mol. The minimum atomic E-state index is -1.71. The Bertz CT molecular complexity index is 928. The summed E-state index contributed by atoms with van der Waals surface area (Å²) < 4.78 is 49.6. The SMILES string of the molecule is O=C1OC[C@H](c2cc(F)c(F)c(F)c2)N1C(=O)Oc1ccccc1[N+](=O)[O-]. The first kappa shape index (κ1) is 18.2. The van der Waals surface area contributed by atoms with Crippen LogP contribution < -0.4 is 4.74 Å².